The van der Waals surface area contributed by atoms with Crippen LogP contribution in [0.15, 0.2) is 54.6 Å². The second-order valence-corrected chi connectivity index (χ2v) is 10.7. The summed E-state index contributed by atoms with van der Waals surface area (Å²) in [6, 6.07) is 13.4. The summed E-state index contributed by atoms with van der Waals surface area (Å²) in [7, 11) is 0. The van der Waals surface area contributed by atoms with Crippen molar-refractivity contribution in [2.24, 2.45) is 5.92 Å². The van der Waals surface area contributed by atoms with Crippen molar-refractivity contribution in [1.82, 2.24) is 0 Å². The number of halogens is 6. The first-order valence-electron chi connectivity index (χ1n) is 9.99. The van der Waals surface area contributed by atoms with Gasteiger partial charge in [-0.1, -0.05) is 34.8 Å². The van der Waals surface area contributed by atoms with Crippen LogP contribution in [0.5, 0.6) is 0 Å². The molecule has 0 radical (unpaired) electrons. The predicted octanol–water partition coefficient (Wildman–Crippen LogP) is 7.87. The van der Waals surface area contributed by atoms with Crippen molar-refractivity contribution < 1.29 is 14.0 Å². The maximum absolute atomic E-state index is 13.4. The summed E-state index contributed by atoms with van der Waals surface area (Å²) < 4.78 is 12.0. The normalized spacial score (nSPS) is 18.3. The van der Waals surface area contributed by atoms with Gasteiger partial charge in [0.2, 0.25) is 5.91 Å². The van der Waals surface area contributed by atoms with Gasteiger partial charge in [-0.25, -0.2) is 4.39 Å². The Morgan fingerprint density at radius 3 is 2.24 bits per heavy atom. The molecule has 0 aliphatic heterocycles. The summed E-state index contributed by atoms with van der Waals surface area (Å²) in [5, 5.41) is 6.51. The lowest BCUT2D eigenvalue weighted by Gasteiger charge is -2.12. The van der Waals surface area contributed by atoms with Crippen molar-refractivity contribution in [1.29, 1.82) is 0 Å². The maximum Gasteiger partial charge on any atom is 0.255 e. The Balaban J connectivity index is 1.51. The summed E-state index contributed by atoms with van der Waals surface area (Å²) in [5.41, 5.74) is 2.06. The topological polar surface area (TPSA) is 58.2 Å². The van der Waals surface area contributed by atoms with Gasteiger partial charge in [0.25, 0.3) is 5.91 Å². The van der Waals surface area contributed by atoms with Crippen LogP contribution in [0, 0.1) is 18.7 Å². The third-order valence-electron chi connectivity index (χ3n) is 5.50. The molecule has 1 saturated carbocycles. The zero-order valence-corrected chi connectivity index (χ0v) is 21.2. The third-order valence-corrected chi connectivity index (χ3v) is 7.20. The zero-order valence-electron chi connectivity index (χ0n) is 17.4. The molecule has 34 heavy (non-hydrogen) atoms. The fourth-order valence-electron chi connectivity index (χ4n) is 3.81. The number of alkyl halides is 2. The second kappa shape index (κ2) is 9.56. The van der Waals surface area contributed by atoms with Crippen molar-refractivity contribution in [3.05, 3.63) is 92.2 Å². The molecule has 1 aliphatic carbocycles. The Labute approximate surface area is 220 Å². The minimum Gasteiger partial charge on any atom is -0.326 e. The van der Waals surface area contributed by atoms with Crippen molar-refractivity contribution in [2.75, 3.05) is 10.6 Å². The standard InChI is InChI=1S/C24H16Cl5FN2O2/c1-11-6-15(30)2-4-17(11)22(33)32-19-10-16(3-5-18(19)27)31-23(34)21-20(24(21,28)29)12-7-13(25)9-14(26)8-12/h2-10,20-21H,1H3,(H,31,34)(H,32,33). The molecule has 2 amide bonds. The highest BCUT2D eigenvalue weighted by Gasteiger charge is 2.67. The first-order chi connectivity index (χ1) is 16.0. The van der Waals surface area contributed by atoms with E-state index in [0.29, 0.717) is 32.4 Å². The minimum atomic E-state index is -1.33. The number of aryl methyl sites for hydroxylation is 1. The quantitative estimate of drug-likeness (QED) is 0.312. The van der Waals surface area contributed by atoms with Crippen LogP contribution in [0.2, 0.25) is 15.1 Å². The van der Waals surface area contributed by atoms with E-state index in [1.807, 2.05) is 0 Å². The first-order valence-corrected chi connectivity index (χ1v) is 11.9. The van der Waals surface area contributed by atoms with Crippen molar-refractivity contribution in [2.45, 2.75) is 17.2 Å². The van der Waals surface area contributed by atoms with Crippen LogP contribution in [-0.4, -0.2) is 16.1 Å². The van der Waals surface area contributed by atoms with Gasteiger partial charge < -0.3 is 10.6 Å². The lowest BCUT2D eigenvalue weighted by molar-refractivity contribution is -0.117. The zero-order chi connectivity index (χ0) is 24.8. The smallest absolute Gasteiger partial charge is 0.255 e. The molecule has 0 saturated heterocycles. The third kappa shape index (κ3) is 5.14. The van der Waals surface area contributed by atoms with Crippen LogP contribution in [0.3, 0.4) is 0 Å². The Morgan fingerprint density at radius 1 is 0.912 bits per heavy atom. The Hall–Kier alpha value is -2.02. The summed E-state index contributed by atoms with van der Waals surface area (Å²) >= 11 is 31.2. The van der Waals surface area contributed by atoms with Gasteiger partial charge >= 0.3 is 0 Å². The molecule has 0 spiro atoms. The molecule has 2 atom stereocenters. The SMILES string of the molecule is Cc1cc(F)ccc1C(=O)Nc1cc(NC(=O)C2C(c3cc(Cl)cc(Cl)c3)C2(Cl)Cl)ccc1Cl. The molecule has 3 aromatic carbocycles. The minimum absolute atomic E-state index is 0.257. The molecule has 1 aliphatic rings. The Morgan fingerprint density at radius 2 is 1.59 bits per heavy atom. The summed E-state index contributed by atoms with van der Waals surface area (Å²) in [6.07, 6.45) is 0. The van der Waals surface area contributed by atoms with E-state index in [1.54, 1.807) is 31.2 Å². The molecular weight excluding hydrogens is 545 g/mol. The molecule has 4 nitrogen and oxygen atoms in total. The van der Waals surface area contributed by atoms with Crippen molar-refractivity contribution >= 4 is 81.2 Å². The van der Waals surface area contributed by atoms with Crippen LogP contribution < -0.4 is 10.6 Å². The maximum atomic E-state index is 13.4. The van der Waals surface area contributed by atoms with Crippen molar-refractivity contribution in [3.63, 3.8) is 0 Å². The number of nitrogens with one attached hydrogen (secondary N) is 2. The number of rotatable bonds is 5. The average molecular weight is 561 g/mol. The van der Waals surface area contributed by atoms with Crippen LogP contribution in [0.25, 0.3) is 0 Å². The molecule has 0 bridgehead atoms. The van der Waals surface area contributed by atoms with E-state index < -0.39 is 33.8 Å². The van der Waals surface area contributed by atoms with Gasteiger partial charge in [0.1, 0.15) is 10.2 Å². The average Bonchev–Trinajstić information content (AvgIpc) is 3.32. The summed E-state index contributed by atoms with van der Waals surface area (Å²) in [5.74, 6) is -2.57. The van der Waals surface area contributed by atoms with Crippen LogP contribution >= 0.6 is 58.0 Å². The van der Waals surface area contributed by atoms with E-state index in [9.17, 15) is 14.0 Å². The van der Waals surface area contributed by atoms with E-state index >= 15 is 0 Å². The molecular formula is C24H16Cl5FN2O2. The first kappa shape index (κ1) is 25.1. The molecule has 0 aromatic heterocycles. The molecule has 0 heterocycles. The molecule has 1 fully saturated rings. The highest BCUT2D eigenvalue weighted by molar-refractivity contribution is 6.53. The predicted molar refractivity (Wildman–Crippen MR) is 136 cm³/mol. The fraction of sp³-hybridized carbons (Fsp3) is 0.167. The van der Waals surface area contributed by atoms with E-state index in [2.05, 4.69) is 10.6 Å². The Kier molecular flexibility index (Phi) is 7.05. The van der Waals surface area contributed by atoms with Crippen molar-refractivity contribution in [3.8, 4) is 0 Å². The van der Waals surface area contributed by atoms with E-state index in [1.165, 1.54) is 30.3 Å². The van der Waals surface area contributed by atoms with Gasteiger partial charge in [-0.3, -0.25) is 9.59 Å². The molecule has 2 N–H and O–H groups in total. The summed E-state index contributed by atoms with van der Waals surface area (Å²) in [6.45, 7) is 1.62. The van der Waals surface area contributed by atoms with Gasteiger partial charge in [-0.15, -0.1) is 23.2 Å². The van der Waals surface area contributed by atoms with Crippen LogP contribution in [0.1, 0.15) is 27.4 Å². The van der Waals surface area contributed by atoms with Gasteiger partial charge in [0.05, 0.1) is 16.6 Å². The number of carbonyl (C=O) groups is 2. The highest BCUT2D eigenvalue weighted by atomic mass is 35.5. The molecule has 176 valence electrons. The van der Waals surface area contributed by atoms with Gasteiger partial charge in [-0.2, -0.15) is 0 Å². The van der Waals surface area contributed by atoms with Gasteiger partial charge in [0, 0.05) is 27.2 Å². The van der Waals surface area contributed by atoms with Gasteiger partial charge in [0.15, 0.2) is 0 Å². The molecule has 2 unspecified atom stereocenters. The van der Waals surface area contributed by atoms with E-state index in [4.69, 9.17) is 58.0 Å². The number of benzene rings is 3. The van der Waals surface area contributed by atoms with Crippen LogP contribution in [0.4, 0.5) is 15.8 Å². The molecule has 10 heteroatoms. The number of hydrogen-bond acceptors (Lipinski definition) is 2. The number of hydrogen-bond donors (Lipinski definition) is 2. The van der Waals surface area contributed by atoms with Gasteiger partial charge in [-0.05, 0) is 72.6 Å². The number of anilines is 2. The van der Waals surface area contributed by atoms with Crippen LogP contribution in [-0.2, 0) is 4.79 Å². The molecule has 4 rings (SSSR count). The highest BCUT2D eigenvalue weighted by Crippen LogP contribution is 2.65. The fourth-order valence-corrected chi connectivity index (χ4v) is 5.35. The Bertz CT molecular complexity index is 1290. The summed E-state index contributed by atoms with van der Waals surface area (Å²) in [4.78, 5) is 25.6. The lowest BCUT2D eigenvalue weighted by Crippen LogP contribution is -2.18. The van der Waals surface area contributed by atoms with E-state index in [-0.39, 0.29) is 10.7 Å². The number of carbonyl (C=O) groups excluding carboxylic acids is 2. The lowest BCUT2D eigenvalue weighted by atomic mass is 10.1. The second-order valence-electron chi connectivity index (χ2n) is 7.93. The number of amides is 2. The van der Waals surface area contributed by atoms with E-state index in [0.717, 1.165) is 0 Å². The largest absolute Gasteiger partial charge is 0.326 e. The monoisotopic (exact) mass is 558 g/mol. The molecule has 3 aromatic rings.